The van der Waals surface area contributed by atoms with E-state index in [1.807, 2.05) is 13.8 Å². The maximum Gasteiger partial charge on any atom is 0.306 e. The van der Waals surface area contributed by atoms with Gasteiger partial charge in [0.2, 0.25) is 5.91 Å². The molecule has 5 nitrogen and oxygen atoms in total. The third-order valence-electron chi connectivity index (χ3n) is 3.64. The Morgan fingerprint density at radius 3 is 2.59 bits per heavy atom. The molecule has 1 rings (SSSR count). The molecule has 0 bridgehead atoms. The van der Waals surface area contributed by atoms with Crippen molar-refractivity contribution in [1.82, 2.24) is 4.90 Å². The Morgan fingerprint density at radius 1 is 1.53 bits per heavy atom. The monoisotopic (exact) mass is 242 g/mol. The van der Waals surface area contributed by atoms with Gasteiger partial charge in [-0.1, -0.05) is 6.92 Å². The number of amides is 1. The van der Waals surface area contributed by atoms with Crippen LogP contribution in [0.2, 0.25) is 0 Å². The lowest BCUT2D eigenvalue weighted by Crippen LogP contribution is -2.49. The normalized spacial score (nSPS) is 26.6. The van der Waals surface area contributed by atoms with Crippen LogP contribution in [0.25, 0.3) is 0 Å². The minimum atomic E-state index is -0.755. The molecule has 17 heavy (non-hydrogen) atoms. The number of nitrogens with zero attached hydrogens (tertiary/aromatic N) is 1. The van der Waals surface area contributed by atoms with Gasteiger partial charge in [0, 0.05) is 19.1 Å². The predicted molar refractivity (Wildman–Crippen MR) is 64.4 cm³/mol. The van der Waals surface area contributed by atoms with E-state index in [2.05, 4.69) is 0 Å². The van der Waals surface area contributed by atoms with Crippen LogP contribution in [0.15, 0.2) is 0 Å². The molecule has 1 saturated heterocycles. The standard InChI is InChI=1S/C12H22N2O3/c1-3-9(7-13)11(15)14-5-4-10(12(16)17)6-8(14)2/h8-10H,3-7,13H2,1-2H3,(H,16,17). The number of carboxylic acids is 1. The first-order chi connectivity index (χ1) is 8.01. The predicted octanol–water partition coefficient (Wildman–Crippen LogP) is 0.683. The van der Waals surface area contributed by atoms with Gasteiger partial charge in [0.1, 0.15) is 0 Å². The number of aliphatic carboxylic acids is 1. The quantitative estimate of drug-likeness (QED) is 0.759. The second-order valence-electron chi connectivity index (χ2n) is 4.78. The van der Waals surface area contributed by atoms with E-state index in [1.54, 1.807) is 4.90 Å². The van der Waals surface area contributed by atoms with Gasteiger partial charge in [0.05, 0.1) is 11.8 Å². The summed E-state index contributed by atoms with van der Waals surface area (Å²) in [5.41, 5.74) is 5.57. The number of hydrogen-bond donors (Lipinski definition) is 2. The molecule has 0 aromatic heterocycles. The lowest BCUT2D eigenvalue weighted by Gasteiger charge is -2.38. The molecule has 3 atom stereocenters. The lowest BCUT2D eigenvalue weighted by molar-refractivity contribution is -0.148. The zero-order valence-electron chi connectivity index (χ0n) is 10.6. The first kappa shape index (κ1) is 14.0. The number of piperidine rings is 1. The van der Waals surface area contributed by atoms with Crippen molar-refractivity contribution in [3.63, 3.8) is 0 Å². The Kier molecular flexibility index (Phi) is 4.93. The molecule has 0 aromatic carbocycles. The molecular formula is C12H22N2O3. The van der Waals surface area contributed by atoms with Gasteiger partial charge in [0.25, 0.3) is 0 Å². The number of carbonyl (C=O) groups excluding carboxylic acids is 1. The molecular weight excluding hydrogens is 220 g/mol. The first-order valence-corrected chi connectivity index (χ1v) is 6.24. The third kappa shape index (κ3) is 3.19. The molecule has 3 N–H and O–H groups in total. The van der Waals surface area contributed by atoms with Gasteiger partial charge in [0.15, 0.2) is 0 Å². The Labute approximate surface area is 102 Å². The molecule has 0 aromatic rings. The number of rotatable bonds is 4. The number of carboxylic acid groups (broad SMARTS) is 1. The molecule has 0 aliphatic carbocycles. The van der Waals surface area contributed by atoms with Crippen LogP contribution in [0, 0.1) is 11.8 Å². The van der Waals surface area contributed by atoms with Crippen molar-refractivity contribution in [3.8, 4) is 0 Å². The van der Waals surface area contributed by atoms with Crippen molar-refractivity contribution < 1.29 is 14.7 Å². The van der Waals surface area contributed by atoms with E-state index >= 15 is 0 Å². The maximum absolute atomic E-state index is 12.1. The maximum atomic E-state index is 12.1. The fourth-order valence-corrected chi connectivity index (χ4v) is 2.40. The van der Waals surface area contributed by atoms with Crippen LogP contribution >= 0.6 is 0 Å². The SMILES string of the molecule is CCC(CN)C(=O)N1CCC(C(=O)O)CC1C. The summed E-state index contributed by atoms with van der Waals surface area (Å²) in [4.78, 5) is 24.8. The summed E-state index contributed by atoms with van der Waals surface area (Å²) in [5.74, 6) is -1.12. The molecule has 5 heteroatoms. The lowest BCUT2D eigenvalue weighted by atomic mass is 9.90. The number of hydrogen-bond acceptors (Lipinski definition) is 3. The summed E-state index contributed by atoms with van der Waals surface area (Å²) < 4.78 is 0. The molecule has 1 heterocycles. The highest BCUT2D eigenvalue weighted by Gasteiger charge is 2.33. The van der Waals surface area contributed by atoms with Crippen molar-refractivity contribution in [3.05, 3.63) is 0 Å². The van der Waals surface area contributed by atoms with Crippen LogP contribution in [-0.4, -0.2) is 41.0 Å². The second kappa shape index (κ2) is 6.00. The van der Waals surface area contributed by atoms with E-state index in [0.717, 1.165) is 6.42 Å². The highest BCUT2D eigenvalue weighted by Crippen LogP contribution is 2.24. The molecule has 1 amide bonds. The van der Waals surface area contributed by atoms with Crippen molar-refractivity contribution >= 4 is 11.9 Å². The van der Waals surface area contributed by atoms with Crippen LogP contribution in [-0.2, 0) is 9.59 Å². The molecule has 0 spiro atoms. The zero-order chi connectivity index (χ0) is 13.0. The van der Waals surface area contributed by atoms with E-state index < -0.39 is 5.97 Å². The minimum Gasteiger partial charge on any atom is -0.481 e. The first-order valence-electron chi connectivity index (χ1n) is 6.24. The number of carbonyl (C=O) groups is 2. The van der Waals surface area contributed by atoms with Gasteiger partial charge < -0.3 is 15.7 Å². The van der Waals surface area contributed by atoms with Crippen molar-refractivity contribution in [2.45, 2.75) is 39.2 Å². The van der Waals surface area contributed by atoms with E-state index in [0.29, 0.717) is 25.9 Å². The van der Waals surface area contributed by atoms with Gasteiger partial charge in [-0.2, -0.15) is 0 Å². The fraction of sp³-hybridized carbons (Fsp3) is 0.833. The Hall–Kier alpha value is -1.10. The van der Waals surface area contributed by atoms with Crippen LogP contribution in [0.3, 0.4) is 0 Å². The Morgan fingerprint density at radius 2 is 2.18 bits per heavy atom. The summed E-state index contributed by atoms with van der Waals surface area (Å²) in [7, 11) is 0. The van der Waals surface area contributed by atoms with Gasteiger partial charge in [-0.3, -0.25) is 9.59 Å². The topological polar surface area (TPSA) is 83.6 Å². The van der Waals surface area contributed by atoms with E-state index in [-0.39, 0.29) is 23.8 Å². The second-order valence-corrected chi connectivity index (χ2v) is 4.78. The van der Waals surface area contributed by atoms with Gasteiger partial charge in [-0.15, -0.1) is 0 Å². The number of likely N-dealkylation sites (tertiary alicyclic amines) is 1. The molecule has 0 radical (unpaired) electrons. The zero-order valence-corrected chi connectivity index (χ0v) is 10.6. The minimum absolute atomic E-state index is 0.00190. The summed E-state index contributed by atoms with van der Waals surface area (Å²) in [6.45, 7) is 4.76. The average molecular weight is 242 g/mol. The molecule has 0 saturated carbocycles. The summed E-state index contributed by atoms with van der Waals surface area (Å²) in [5, 5.41) is 8.96. The average Bonchev–Trinajstić information content (AvgIpc) is 2.30. The molecule has 1 aliphatic rings. The fourth-order valence-electron chi connectivity index (χ4n) is 2.40. The van der Waals surface area contributed by atoms with E-state index in [4.69, 9.17) is 10.8 Å². The Balaban J connectivity index is 2.63. The van der Waals surface area contributed by atoms with Crippen LogP contribution in [0.1, 0.15) is 33.1 Å². The van der Waals surface area contributed by atoms with Crippen molar-refractivity contribution in [2.24, 2.45) is 17.6 Å². The molecule has 98 valence electrons. The van der Waals surface area contributed by atoms with Crippen molar-refractivity contribution in [1.29, 1.82) is 0 Å². The summed E-state index contributed by atoms with van der Waals surface area (Å²) in [6.07, 6.45) is 1.83. The number of nitrogens with two attached hydrogens (primary N) is 1. The van der Waals surface area contributed by atoms with Crippen molar-refractivity contribution in [2.75, 3.05) is 13.1 Å². The van der Waals surface area contributed by atoms with E-state index in [1.165, 1.54) is 0 Å². The summed E-state index contributed by atoms with van der Waals surface area (Å²) >= 11 is 0. The Bertz CT molecular complexity index is 289. The van der Waals surface area contributed by atoms with Crippen LogP contribution in [0.5, 0.6) is 0 Å². The molecule has 1 fully saturated rings. The smallest absolute Gasteiger partial charge is 0.306 e. The largest absolute Gasteiger partial charge is 0.481 e. The van der Waals surface area contributed by atoms with E-state index in [9.17, 15) is 9.59 Å². The van der Waals surface area contributed by atoms with Gasteiger partial charge in [-0.05, 0) is 26.2 Å². The summed E-state index contributed by atoms with van der Waals surface area (Å²) in [6, 6.07) is -0.00190. The molecule has 3 unspecified atom stereocenters. The van der Waals surface area contributed by atoms with Crippen LogP contribution < -0.4 is 5.73 Å². The van der Waals surface area contributed by atoms with Gasteiger partial charge >= 0.3 is 5.97 Å². The third-order valence-corrected chi connectivity index (χ3v) is 3.64. The van der Waals surface area contributed by atoms with Gasteiger partial charge in [-0.25, -0.2) is 0 Å². The van der Waals surface area contributed by atoms with Crippen LogP contribution in [0.4, 0.5) is 0 Å². The highest BCUT2D eigenvalue weighted by atomic mass is 16.4. The molecule has 1 aliphatic heterocycles. The highest BCUT2D eigenvalue weighted by molar-refractivity contribution is 5.80.